The van der Waals surface area contributed by atoms with Crippen LogP contribution in [0.5, 0.6) is 0 Å². The summed E-state index contributed by atoms with van der Waals surface area (Å²) in [4.78, 5) is 7.01. The second-order valence-electron chi connectivity index (χ2n) is 4.21. The molecule has 1 fully saturated rings. The minimum atomic E-state index is 0.830. The standard InChI is InChI=1S/C12H14BrN3O/c13-11-2-1-3-16-9-10(14-12(11)16)8-15-4-6-17-7-5-15/h1-3,9H,4-8H2. The van der Waals surface area contributed by atoms with Crippen LogP contribution >= 0.6 is 15.9 Å². The highest BCUT2D eigenvalue weighted by molar-refractivity contribution is 9.10. The van der Waals surface area contributed by atoms with Gasteiger partial charge in [-0.2, -0.15) is 0 Å². The number of ether oxygens (including phenoxy) is 1. The summed E-state index contributed by atoms with van der Waals surface area (Å²) in [7, 11) is 0. The van der Waals surface area contributed by atoms with E-state index in [1.165, 1.54) is 0 Å². The fourth-order valence-corrected chi connectivity index (χ4v) is 2.54. The fraction of sp³-hybridized carbons (Fsp3) is 0.417. The Morgan fingerprint density at radius 3 is 2.94 bits per heavy atom. The van der Waals surface area contributed by atoms with Crippen molar-refractivity contribution < 1.29 is 4.74 Å². The second kappa shape index (κ2) is 4.76. The summed E-state index contributed by atoms with van der Waals surface area (Å²) in [5.41, 5.74) is 2.09. The van der Waals surface area contributed by atoms with E-state index < -0.39 is 0 Å². The molecule has 0 aromatic carbocycles. The monoisotopic (exact) mass is 295 g/mol. The SMILES string of the molecule is Brc1cccn2cc(CN3CCOCC3)nc12. The van der Waals surface area contributed by atoms with Crippen LogP contribution in [-0.2, 0) is 11.3 Å². The average molecular weight is 296 g/mol. The molecule has 0 saturated carbocycles. The third kappa shape index (κ3) is 2.36. The number of morpholine rings is 1. The molecule has 0 atom stereocenters. The van der Waals surface area contributed by atoms with Gasteiger partial charge in [-0.3, -0.25) is 4.90 Å². The average Bonchev–Trinajstić information content (AvgIpc) is 2.74. The summed E-state index contributed by atoms with van der Waals surface area (Å²) in [6.45, 7) is 4.55. The maximum atomic E-state index is 5.34. The highest BCUT2D eigenvalue weighted by Gasteiger charge is 2.13. The number of rotatable bonds is 2. The highest BCUT2D eigenvalue weighted by Crippen LogP contribution is 2.17. The Balaban J connectivity index is 1.83. The molecule has 0 aliphatic carbocycles. The molecule has 3 rings (SSSR count). The molecule has 5 heteroatoms. The van der Waals surface area contributed by atoms with Crippen LogP contribution in [0.3, 0.4) is 0 Å². The van der Waals surface area contributed by atoms with E-state index in [0.29, 0.717) is 0 Å². The molecule has 0 radical (unpaired) electrons. The zero-order valence-corrected chi connectivity index (χ0v) is 11.1. The fourth-order valence-electron chi connectivity index (χ4n) is 2.09. The molecule has 3 heterocycles. The first kappa shape index (κ1) is 11.2. The van der Waals surface area contributed by atoms with E-state index in [2.05, 4.69) is 36.4 Å². The summed E-state index contributed by atoms with van der Waals surface area (Å²) in [6.07, 6.45) is 4.12. The minimum absolute atomic E-state index is 0.830. The summed E-state index contributed by atoms with van der Waals surface area (Å²) in [6, 6.07) is 4.03. The van der Waals surface area contributed by atoms with Crippen LogP contribution in [0.2, 0.25) is 0 Å². The van der Waals surface area contributed by atoms with Crippen LogP contribution in [0, 0.1) is 0 Å². The molecule has 2 aromatic heterocycles. The Hall–Kier alpha value is -0.910. The van der Waals surface area contributed by atoms with Crippen LogP contribution in [0.25, 0.3) is 5.65 Å². The molecule has 0 N–H and O–H groups in total. The smallest absolute Gasteiger partial charge is 0.151 e. The van der Waals surface area contributed by atoms with Crippen molar-refractivity contribution >= 4 is 21.6 Å². The summed E-state index contributed by atoms with van der Waals surface area (Å²) < 4.78 is 8.43. The van der Waals surface area contributed by atoms with E-state index in [1.54, 1.807) is 0 Å². The normalized spacial score (nSPS) is 17.7. The van der Waals surface area contributed by atoms with Gasteiger partial charge in [0.05, 0.1) is 23.4 Å². The molecule has 17 heavy (non-hydrogen) atoms. The van der Waals surface area contributed by atoms with Crippen molar-refractivity contribution in [3.63, 3.8) is 0 Å². The van der Waals surface area contributed by atoms with Gasteiger partial charge >= 0.3 is 0 Å². The first-order valence-corrected chi connectivity index (χ1v) is 6.54. The Morgan fingerprint density at radius 2 is 2.18 bits per heavy atom. The number of hydrogen-bond donors (Lipinski definition) is 0. The van der Waals surface area contributed by atoms with E-state index in [9.17, 15) is 0 Å². The van der Waals surface area contributed by atoms with Crippen molar-refractivity contribution in [2.45, 2.75) is 6.54 Å². The highest BCUT2D eigenvalue weighted by atomic mass is 79.9. The first-order chi connectivity index (χ1) is 8.33. The number of pyridine rings is 1. The lowest BCUT2D eigenvalue weighted by molar-refractivity contribution is 0.0337. The van der Waals surface area contributed by atoms with Gasteiger partial charge < -0.3 is 9.14 Å². The predicted octanol–water partition coefficient (Wildman–Crippen LogP) is 1.93. The molecule has 1 aliphatic rings. The van der Waals surface area contributed by atoms with Crippen molar-refractivity contribution in [3.8, 4) is 0 Å². The molecule has 1 aliphatic heterocycles. The molecule has 0 amide bonds. The third-order valence-corrected chi connectivity index (χ3v) is 3.59. The molecule has 0 bridgehead atoms. The molecular weight excluding hydrogens is 282 g/mol. The Labute approximate surface area is 108 Å². The number of hydrogen-bond acceptors (Lipinski definition) is 3. The van der Waals surface area contributed by atoms with Crippen molar-refractivity contribution in [3.05, 3.63) is 34.7 Å². The Bertz CT molecular complexity index is 519. The molecular formula is C12H14BrN3O. The number of fused-ring (bicyclic) bond motifs is 1. The van der Waals surface area contributed by atoms with Crippen molar-refractivity contribution in [2.24, 2.45) is 0 Å². The predicted molar refractivity (Wildman–Crippen MR) is 69.0 cm³/mol. The van der Waals surface area contributed by atoms with Gasteiger partial charge in [0.2, 0.25) is 0 Å². The van der Waals surface area contributed by atoms with Gasteiger partial charge in [0.15, 0.2) is 5.65 Å². The summed E-state index contributed by atoms with van der Waals surface area (Å²) in [5.74, 6) is 0. The van der Waals surface area contributed by atoms with Crippen LogP contribution < -0.4 is 0 Å². The number of aromatic nitrogens is 2. The lowest BCUT2D eigenvalue weighted by atomic mass is 10.3. The van der Waals surface area contributed by atoms with Crippen molar-refractivity contribution in [2.75, 3.05) is 26.3 Å². The maximum absolute atomic E-state index is 5.34. The van der Waals surface area contributed by atoms with Crippen LogP contribution in [0.1, 0.15) is 5.69 Å². The van der Waals surface area contributed by atoms with Gasteiger partial charge in [-0.1, -0.05) is 0 Å². The van der Waals surface area contributed by atoms with E-state index in [4.69, 9.17) is 4.74 Å². The molecule has 0 unspecified atom stereocenters. The van der Waals surface area contributed by atoms with Gasteiger partial charge in [-0.05, 0) is 28.1 Å². The molecule has 2 aromatic rings. The zero-order chi connectivity index (χ0) is 11.7. The third-order valence-electron chi connectivity index (χ3n) is 2.97. The van der Waals surface area contributed by atoms with Gasteiger partial charge in [-0.15, -0.1) is 0 Å². The van der Waals surface area contributed by atoms with E-state index in [-0.39, 0.29) is 0 Å². The lowest BCUT2D eigenvalue weighted by Crippen LogP contribution is -2.35. The molecule has 1 saturated heterocycles. The summed E-state index contributed by atoms with van der Waals surface area (Å²) in [5, 5.41) is 0. The first-order valence-electron chi connectivity index (χ1n) is 5.75. The Kier molecular flexibility index (Phi) is 3.13. The Morgan fingerprint density at radius 1 is 1.35 bits per heavy atom. The molecule has 90 valence electrons. The van der Waals surface area contributed by atoms with Gasteiger partial charge in [-0.25, -0.2) is 4.98 Å². The largest absolute Gasteiger partial charge is 0.379 e. The molecule has 0 spiro atoms. The maximum Gasteiger partial charge on any atom is 0.151 e. The number of halogens is 1. The van der Waals surface area contributed by atoms with Crippen LogP contribution in [0.15, 0.2) is 29.0 Å². The van der Waals surface area contributed by atoms with Crippen LogP contribution in [0.4, 0.5) is 0 Å². The van der Waals surface area contributed by atoms with Gasteiger partial charge in [0.1, 0.15) is 0 Å². The lowest BCUT2D eigenvalue weighted by Gasteiger charge is -2.25. The quantitative estimate of drug-likeness (QED) is 0.848. The molecule has 4 nitrogen and oxygen atoms in total. The van der Waals surface area contributed by atoms with E-state index >= 15 is 0 Å². The minimum Gasteiger partial charge on any atom is -0.379 e. The van der Waals surface area contributed by atoms with Crippen molar-refractivity contribution in [1.29, 1.82) is 0 Å². The zero-order valence-electron chi connectivity index (χ0n) is 9.47. The van der Waals surface area contributed by atoms with Crippen molar-refractivity contribution in [1.82, 2.24) is 14.3 Å². The summed E-state index contributed by atoms with van der Waals surface area (Å²) >= 11 is 3.52. The number of imidazole rings is 1. The van der Waals surface area contributed by atoms with E-state index in [1.807, 2.05) is 18.3 Å². The second-order valence-corrected chi connectivity index (χ2v) is 5.06. The topological polar surface area (TPSA) is 29.8 Å². The van der Waals surface area contributed by atoms with E-state index in [0.717, 1.165) is 48.7 Å². The van der Waals surface area contributed by atoms with Gasteiger partial charge in [0, 0.05) is 32.0 Å². The number of nitrogens with zero attached hydrogens (tertiary/aromatic N) is 3. The van der Waals surface area contributed by atoms with Crippen LogP contribution in [-0.4, -0.2) is 40.6 Å². The van der Waals surface area contributed by atoms with Gasteiger partial charge in [0.25, 0.3) is 0 Å².